The first kappa shape index (κ1) is 16.4. The van der Waals surface area contributed by atoms with Gasteiger partial charge in [-0.25, -0.2) is 9.13 Å². The fraction of sp³-hybridized carbons (Fsp3) is 0.273. The molecular weight excluding hydrogens is 292 g/mol. The number of aromatic nitrogens is 2. The topological polar surface area (TPSA) is 7.76 Å². The average Bonchev–Trinajstić information content (AvgIpc) is 2.54. The summed E-state index contributed by atoms with van der Waals surface area (Å²) >= 11 is 0. The molecule has 2 aromatic heterocycles. The molecule has 1 aromatic carbocycles. The van der Waals surface area contributed by atoms with Crippen LogP contribution >= 0.6 is 0 Å². The summed E-state index contributed by atoms with van der Waals surface area (Å²) in [5.41, 5.74) is 10.3. The van der Waals surface area contributed by atoms with Crippen molar-refractivity contribution in [3.8, 4) is 22.5 Å². The van der Waals surface area contributed by atoms with Crippen LogP contribution in [0.4, 0.5) is 0 Å². The minimum atomic E-state index is 1.26. The zero-order chi connectivity index (χ0) is 17.4. The van der Waals surface area contributed by atoms with Crippen molar-refractivity contribution >= 4 is 0 Å². The molecule has 0 aliphatic heterocycles. The van der Waals surface area contributed by atoms with Gasteiger partial charge in [0, 0.05) is 24.3 Å². The standard InChI is InChI=1S/C22H26N2/c1-15-7-9-23(5)21(13-15)19-11-17(3)12-20(18(19)4)22-14-16(2)8-10-24(22)6/h7-14H,1-6H3/q+2. The summed E-state index contributed by atoms with van der Waals surface area (Å²) < 4.78 is 4.41. The number of benzene rings is 1. The molecule has 0 spiro atoms. The number of aryl methyl sites for hydroxylation is 5. The Morgan fingerprint density at radius 2 is 1.00 bits per heavy atom. The molecule has 0 saturated heterocycles. The van der Waals surface area contributed by atoms with E-state index in [1.807, 2.05) is 0 Å². The Balaban J connectivity index is 2.30. The molecule has 3 rings (SSSR count). The largest absolute Gasteiger partial charge is 0.212 e. The van der Waals surface area contributed by atoms with E-state index in [0.717, 1.165) is 0 Å². The smallest absolute Gasteiger partial charge is 0.201 e. The van der Waals surface area contributed by atoms with Crippen molar-refractivity contribution in [1.29, 1.82) is 0 Å². The van der Waals surface area contributed by atoms with Gasteiger partial charge in [-0.1, -0.05) is 0 Å². The van der Waals surface area contributed by atoms with E-state index in [1.165, 1.54) is 44.8 Å². The normalized spacial score (nSPS) is 10.9. The van der Waals surface area contributed by atoms with Gasteiger partial charge < -0.3 is 0 Å². The fourth-order valence-electron chi connectivity index (χ4n) is 3.28. The third kappa shape index (κ3) is 2.96. The van der Waals surface area contributed by atoms with E-state index in [1.54, 1.807) is 0 Å². The Morgan fingerprint density at radius 3 is 1.42 bits per heavy atom. The van der Waals surface area contributed by atoms with Crippen LogP contribution in [0.15, 0.2) is 48.8 Å². The van der Waals surface area contributed by atoms with Crippen molar-refractivity contribution in [2.75, 3.05) is 0 Å². The Hall–Kier alpha value is -2.48. The number of hydrogen-bond donors (Lipinski definition) is 0. The van der Waals surface area contributed by atoms with Crippen LogP contribution in [-0.2, 0) is 14.1 Å². The first-order chi connectivity index (χ1) is 11.4. The lowest BCUT2D eigenvalue weighted by Gasteiger charge is -2.12. The van der Waals surface area contributed by atoms with Crippen LogP contribution in [0.3, 0.4) is 0 Å². The monoisotopic (exact) mass is 318 g/mol. The summed E-state index contributed by atoms with van der Waals surface area (Å²) in [7, 11) is 4.23. The minimum absolute atomic E-state index is 1.26. The molecule has 2 heterocycles. The molecule has 0 atom stereocenters. The van der Waals surface area contributed by atoms with Crippen LogP contribution in [0, 0.1) is 27.7 Å². The van der Waals surface area contributed by atoms with Gasteiger partial charge in [-0.3, -0.25) is 0 Å². The highest BCUT2D eigenvalue weighted by molar-refractivity contribution is 5.74. The average molecular weight is 318 g/mol. The van der Waals surface area contributed by atoms with Crippen molar-refractivity contribution in [2.24, 2.45) is 14.1 Å². The zero-order valence-corrected chi connectivity index (χ0v) is 15.5. The van der Waals surface area contributed by atoms with E-state index in [4.69, 9.17) is 0 Å². The van der Waals surface area contributed by atoms with Gasteiger partial charge in [-0.15, -0.1) is 0 Å². The van der Waals surface area contributed by atoms with E-state index in [2.05, 4.69) is 99.7 Å². The van der Waals surface area contributed by atoms with Crippen LogP contribution < -0.4 is 9.13 Å². The molecule has 0 amide bonds. The van der Waals surface area contributed by atoms with E-state index >= 15 is 0 Å². The van der Waals surface area contributed by atoms with Crippen molar-refractivity contribution in [3.05, 3.63) is 71.0 Å². The second-order valence-electron chi connectivity index (χ2n) is 6.89. The van der Waals surface area contributed by atoms with Crippen molar-refractivity contribution < 1.29 is 9.13 Å². The summed E-state index contributed by atoms with van der Waals surface area (Å²) in [6, 6.07) is 13.4. The summed E-state index contributed by atoms with van der Waals surface area (Å²) in [6.45, 7) is 8.71. The van der Waals surface area contributed by atoms with Gasteiger partial charge in [0.25, 0.3) is 0 Å². The number of pyridine rings is 2. The third-order valence-electron chi connectivity index (χ3n) is 4.71. The van der Waals surface area contributed by atoms with Crippen LogP contribution in [0.2, 0.25) is 0 Å². The molecule has 0 fully saturated rings. The summed E-state index contributed by atoms with van der Waals surface area (Å²) in [4.78, 5) is 0. The molecule has 122 valence electrons. The molecule has 0 aliphatic carbocycles. The van der Waals surface area contributed by atoms with E-state index in [9.17, 15) is 0 Å². The molecule has 0 aliphatic rings. The van der Waals surface area contributed by atoms with Gasteiger partial charge >= 0.3 is 0 Å². The van der Waals surface area contributed by atoms with Gasteiger partial charge in [0.2, 0.25) is 11.4 Å². The third-order valence-corrected chi connectivity index (χ3v) is 4.71. The maximum atomic E-state index is 2.30. The van der Waals surface area contributed by atoms with Crippen LogP contribution in [0.5, 0.6) is 0 Å². The highest BCUT2D eigenvalue weighted by Crippen LogP contribution is 2.31. The molecule has 0 saturated carbocycles. The van der Waals surface area contributed by atoms with Gasteiger partial charge in [-0.2, -0.15) is 0 Å². The summed E-state index contributed by atoms with van der Waals surface area (Å²) in [6.07, 6.45) is 4.28. The van der Waals surface area contributed by atoms with E-state index in [-0.39, 0.29) is 0 Å². The van der Waals surface area contributed by atoms with E-state index < -0.39 is 0 Å². The number of rotatable bonds is 2. The molecule has 0 radical (unpaired) electrons. The molecule has 24 heavy (non-hydrogen) atoms. The van der Waals surface area contributed by atoms with Crippen LogP contribution in [-0.4, -0.2) is 0 Å². The van der Waals surface area contributed by atoms with Crippen LogP contribution in [0.25, 0.3) is 22.5 Å². The Bertz CT molecular complexity index is 851. The predicted octanol–water partition coefficient (Wildman–Crippen LogP) is 3.90. The first-order valence-corrected chi connectivity index (χ1v) is 8.41. The van der Waals surface area contributed by atoms with Gasteiger partial charge in [-0.05, 0) is 62.1 Å². The Morgan fingerprint density at radius 1 is 0.583 bits per heavy atom. The van der Waals surface area contributed by atoms with Crippen LogP contribution in [0.1, 0.15) is 22.3 Å². The molecule has 2 heteroatoms. The lowest BCUT2D eigenvalue weighted by atomic mass is 9.93. The molecule has 2 nitrogen and oxygen atoms in total. The molecule has 0 N–H and O–H groups in total. The van der Waals surface area contributed by atoms with Crippen molar-refractivity contribution in [2.45, 2.75) is 27.7 Å². The Labute approximate surface area is 145 Å². The maximum Gasteiger partial charge on any atom is 0.212 e. The quantitative estimate of drug-likeness (QED) is 0.633. The van der Waals surface area contributed by atoms with Crippen molar-refractivity contribution in [3.63, 3.8) is 0 Å². The zero-order valence-electron chi connectivity index (χ0n) is 15.5. The SMILES string of the molecule is Cc1cc(-c2cc(C)cc[n+]2C)c(C)c(-c2cc(C)cc[n+]2C)c1. The minimum Gasteiger partial charge on any atom is -0.201 e. The molecular formula is C22H26N2+2. The fourth-order valence-corrected chi connectivity index (χ4v) is 3.28. The highest BCUT2D eigenvalue weighted by Gasteiger charge is 2.20. The number of hydrogen-bond acceptors (Lipinski definition) is 0. The molecule has 0 bridgehead atoms. The predicted molar refractivity (Wildman–Crippen MR) is 98.6 cm³/mol. The first-order valence-electron chi connectivity index (χ1n) is 8.41. The summed E-state index contributed by atoms with van der Waals surface area (Å²) in [5.74, 6) is 0. The van der Waals surface area contributed by atoms with Gasteiger partial charge in [0.15, 0.2) is 12.4 Å². The lowest BCUT2D eigenvalue weighted by molar-refractivity contribution is -0.660. The lowest BCUT2D eigenvalue weighted by Crippen LogP contribution is -2.32. The Kier molecular flexibility index (Phi) is 4.23. The second-order valence-corrected chi connectivity index (χ2v) is 6.89. The molecule has 0 unspecified atom stereocenters. The molecule has 3 aromatic rings. The maximum absolute atomic E-state index is 2.30. The summed E-state index contributed by atoms with van der Waals surface area (Å²) in [5, 5.41) is 0. The van der Waals surface area contributed by atoms with Gasteiger partial charge in [0.1, 0.15) is 14.1 Å². The van der Waals surface area contributed by atoms with E-state index in [0.29, 0.717) is 0 Å². The second kappa shape index (κ2) is 6.20. The highest BCUT2D eigenvalue weighted by atomic mass is 14.9. The van der Waals surface area contributed by atoms with Crippen molar-refractivity contribution in [1.82, 2.24) is 0 Å². The number of nitrogens with zero attached hydrogens (tertiary/aromatic N) is 2. The van der Waals surface area contributed by atoms with Gasteiger partial charge in [0.05, 0.1) is 11.1 Å².